The van der Waals surface area contributed by atoms with Gasteiger partial charge in [0.25, 0.3) is 0 Å². The van der Waals surface area contributed by atoms with Gasteiger partial charge in [0.05, 0.1) is 25.4 Å². The average Bonchev–Trinajstić information content (AvgIpc) is 2.04. The molecule has 2 N–H and O–H groups in total. The van der Waals surface area contributed by atoms with Crippen LogP contribution in [0.1, 0.15) is 27.2 Å². The minimum atomic E-state index is -0.0218. The Labute approximate surface area is 75.2 Å². The fourth-order valence-electron chi connectivity index (χ4n) is 0.664. The Morgan fingerprint density at radius 1 is 1.17 bits per heavy atom. The Bertz CT molecular complexity index is 105. The van der Waals surface area contributed by atoms with Gasteiger partial charge in [0.2, 0.25) is 0 Å². The predicted molar refractivity (Wildman–Crippen MR) is 50.2 cm³/mol. The number of nitrogens with two attached hydrogens (primary N) is 1. The van der Waals surface area contributed by atoms with E-state index in [0.29, 0.717) is 26.4 Å². The van der Waals surface area contributed by atoms with E-state index in [0.717, 1.165) is 6.42 Å². The van der Waals surface area contributed by atoms with Gasteiger partial charge in [-0.1, -0.05) is 6.92 Å². The number of rotatable bonds is 7. The maximum absolute atomic E-state index is 5.56. The molecule has 3 nitrogen and oxygen atoms in total. The van der Waals surface area contributed by atoms with Crippen LogP contribution in [0.4, 0.5) is 0 Å². The summed E-state index contributed by atoms with van der Waals surface area (Å²) in [5.41, 5.74) is 5.24. The van der Waals surface area contributed by atoms with Crippen molar-refractivity contribution in [3.05, 3.63) is 0 Å². The fraction of sp³-hybridized carbons (Fsp3) is 1.00. The lowest BCUT2D eigenvalue weighted by molar-refractivity contribution is -0.0467. The number of ether oxygens (including phenoxy) is 2. The Morgan fingerprint density at radius 3 is 2.33 bits per heavy atom. The summed E-state index contributed by atoms with van der Waals surface area (Å²) in [6.07, 6.45) is 1.02. The highest BCUT2D eigenvalue weighted by Gasteiger charge is 2.14. The molecule has 0 atom stereocenters. The van der Waals surface area contributed by atoms with Crippen LogP contribution < -0.4 is 5.73 Å². The van der Waals surface area contributed by atoms with Crippen molar-refractivity contribution in [1.29, 1.82) is 0 Å². The quantitative estimate of drug-likeness (QED) is 0.591. The first kappa shape index (κ1) is 11.9. The van der Waals surface area contributed by atoms with E-state index in [1.165, 1.54) is 0 Å². The summed E-state index contributed by atoms with van der Waals surface area (Å²) in [6.45, 7) is 8.77. The Morgan fingerprint density at radius 2 is 1.83 bits per heavy atom. The highest BCUT2D eigenvalue weighted by molar-refractivity contribution is 4.64. The topological polar surface area (TPSA) is 44.5 Å². The third-order valence-corrected chi connectivity index (χ3v) is 1.83. The summed E-state index contributed by atoms with van der Waals surface area (Å²) in [5, 5.41) is 0. The molecular formula is C9H21NO2. The molecule has 0 saturated heterocycles. The van der Waals surface area contributed by atoms with Crippen molar-refractivity contribution < 1.29 is 9.47 Å². The molecule has 0 aromatic heterocycles. The molecule has 0 fully saturated rings. The largest absolute Gasteiger partial charge is 0.378 e. The van der Waals surface area contributed by atoms with Gasteiger partial charge in [-0.25, -0.2) is 0 Å². The molecule has 0 rings (SSSR count). The van der Waals surface area contributed by atoms with E-state index in [9.17, 15) is 0 Å². The standard InChI is InChI=1S/C9H21NO2/c1-4-9(2,3)12-8-7-11-6-5-10/h4-8,10H2,1-3H3. The van der Waals surface area contributed by atoms with Crippen LogP contribution in [0.25, 0.3) is 0 Å². The van der Waals surface area contributed by atoms with E-state index in [1.54, 1.807) is 0 Å². The van der Waals surface area contributed by atoms with E-state index < -0.39 is 0 Å². The van der Waals surface area contributed by atoms with Crippen molar-refractivity contribution in [1.82, 2.24) is 0 Å². The Balaban J connectivity index is 3.19. The SMILES string of the molecule is CCC(C)(C)OCCOCCN. The van der Waals surface area contributed by atoms with Crippen LogP contribution in [0.5, 0.6) is 0 Å². The van der Waals surface area contributed by atoms with Crippen molar-refractivity contribution >= 4 is 0 Å². The second-order valence-electron chi connectivity index (χ2n) is 3.36. The summed E-state index contributed by atoms with van der Waals surface area (Å²) >= 11 is 0. The van der Waals surface area contributed by atoms with Gasteiger partial charge in [0, 0.05) is 6.54 Å². The van der Waals surface area contributed by atoms with Gasteiger partial charge < -0.3 is 15.2 Å². The monoisotopic (exact) mass is 175 g/mol. The molecule has 0 bridgehead atoms. The molecule has 0 unspecified atom stereocenters. The molecule has 74 valence electrons. The van der Waals surface area contributed by atoms with Crippen LogP contribution in [0.15, 0.2) is 0 Å². The predicted octanol–water partition coefficient (Wildman–Crippen LogP) is 1.17. The molecule has 0 radical (unpaired) electrons. The van der Waals surface area contributed by atoms with Crippen molar-refractivity contribution in [3.63, 3.8) is 0 Å². The minimum absolute atomic E-state index is 0.0218. The molecule has 0 aliphatic rings. The first-order valence-corrected chi connectivity index (χ1v) is 4.54. The normalized spacial score (nSPS) is 12.0. The second-order valence-corrected chi connectivity index (χ2v) is 3.36. The molecule has 0 saturated carbocycles. The smallest absolute Gasteiger partial charge is 0.0707 e. The lowest BCUT2D eigenvalue weighted by Crippen LogP contribution is -2.25. The Hall–Kier alpha value is -0.120. The number of hydrogen-bond acceptors (Lipinski definition) is 3. The zero-order chi connectivity index (χ0) is 9.45. The zero-order valence-corrected chi connectivity index (χ0v) is 8.43. The maximum atomic E-state index is 5.56. The van der Waals surface area contributed by atoms with Gasteiger partial charge in [-0.3, -0.25) is 0 Å². The molecule has 0 aromatic carbocycles. The molecule has 0 heterocycles. The van der Waals surface area contributed by atoms with Crippen LogP contribution in [-0.2, 0) is 9.47 Å². The van der Waals surface area contributed by atoms with E-state index in [2.05, 4.69) is 20.8 Å². The van der Waals surface area contributed by atoms with Gasteiger partial charge in [-0.2, -0.15) is 0 Å². The third-order valence-electron chi connectivity index (χ3n) is 1.83. The zero-order valence-electron chi connectivity index (χ0n) is 8.43. The van der Waals surface area contributed by atoms with E-state index in [4.69, 9.17) is 15.2 Å². The number of hydrogen-bond donors (Lipinski definition) is 1. The Kier molecular flexibility index (Phi) is 6.34. The molecular weight excluding hydrogens is 154 g/mol. The summed E-state index contributed by atoms with van der Waals surface area (Å²) in [5.74, 6) is 0. The van der Waals surface area contributed by atoms with Crippen LogP contribution in [0, 0.1) is 0 Å². The van der Waals surface area contributed by atoms with Crippen molar-refractivity contribution in [3.8, 4) is 0 Å². The summed E-state index contributed by atoms with van der Waals surface area (Å²) in [4.78, 5) is 0. The van der Waals surface area contributed by atoms with Crippen LogP contribution >= 0.6 is 0 Å². The highest BCUT2D eigenvalue weighted by Crippen LogP contribution is 2.12. The van der Waals surface area contributed by atoms with E-state index in [-0.39, 0.29) is 5.60 Å². The van der Waals surface area contributed by atoms with Gasteiger partial charge in [0.15, 0.2) is 0 Å². The molecule has 0 aromatic rings. The first-order valence-electron chi connectivity index (χ1n) is 4.54. The lowest BCUT2D eigenvalue weighted by atomic mass is 10.1. The molecule has 0 spiro atoms. The first-order chi connectivity index (χ1) is 5.62. The summed E-state index contributed by atoms with van der Waals surface area (Å²) in [7, 11) is 0. The lowest BCUT2D eigenvalue weighted by Gasteiger charge is -2.23. The third kappa shape index (κ3) is 6.58. The van der Waals surface area contributed by atoms with Gasteiger partial charge in [-0.15, -0.1) is 0 Å². The minimum Gasteiger partial charge on any atom is -0.378 e. The second kappa shape index (κ2) is 6.40. The maximum Gasteiger partial charge on any atom is 0.0707 e. The summed E-state index contributed by atoms with van der Waals surface area (Å²) in [6, 6.07) is 0. The summed E-state index contributed by atoms with van der Waals surface area (Å²) < 4.78 is 10.7. The molecule has 0 aliphatic carbocycles. The van der Waals surface area contributed by atoms with Crippen LogP contribution in [0.2, 0.25) is 0 Å². The van der Waals surface area contributed by atoms with Crippen molar-refractivity contribution in [2.24, 2.45) is 5.73 Å². The highest BCUT2D eigenvalue weighted by atomic mass is 16.5. The van der Waals surface area contributed by atoms with Gasteiger partial charge >= 0.3 is 0 Å². The van der Waals surface area contributed by atoms with Crippen molar-refractivity contribution in [2.45, 2.75) is 32.8 Å². The van der Waals surface area contributed by atoms with E-state index >= 15 is 0 Å². The average molecular weight is 175 g/mol. The molecule has 12 heavy (non-hydrogen) atoms. The van der Waals surface area contributed by atoms with Crippen molar-refractivity contribution in [2.75, 3.05) is 26.4 Å². The van der Waals surface area contributed by atoms with Gasteiger partial charge in [-0.05, 0) is 20.3 Å². The van der Waals surface area contributed by atoms with Crippen LogP contribution in [-0.4, -0.2) is 32.0 Å². The fourth-order valence-corrected chi connectivity index (χ4v) is 0.664. The van der Waals surface area contributed by atoms with Crippen LogP contribution in [0.3, 0.4) is 0 Å². The van der Waals surface area contributed by atoms with E-state index in [1.807, 2.05) is 0 Å². The molecule has 3 heteroatoms. The molecule has 0 aliphatic heterocycles. The molecule has 0 amide bonds. The van der Waals surface area contributed by atoms with Gasteiger partial charge in [0.1, 0.15) is 0 Å².